The highest BCUT2D eigenvalue weighted by atomic mass is 16.5. The van der Waals surface area contributed by atoms with Crippen molar-refractivity contribution in [1.82, 2.24) is 15.5 Å². The zero-order chi connectivity index (χ0) is 18.2. The smallest absolute Gasteiger partial charge is 0.321 e. The Labute approximate surface area is 148 Å². The van der Waals surface area contributed by atoms with Crippen molar-refractivity contribution in [3.63, 3.8) is 0 Å². The summed E-state index contributed by atoms with van der Waals surface area (Å²) in [5.74, 6) is 1.17. The van der Waals surface area contributed by atoms with Gasteiger partial charge in [0.25, 0.3) is 0 Å². The Morgan fingerprint density at radius 1 is 1.36 bits per heavy atom. The molecule has 0 spiro atoms. The van der Waals surface area contributed by atoms with E-state index in [1.165, 1.54) is 0 Å². The second kappa shape index (κ2) is 9.08. The Balaban J connectivity index is 2.06. The normalized spacial score (nSPS) is 17.0. The monoisotopic (exact) mass is 347 g/mol. The van der Waals surface area contributed by atoms with Crippen LogP contribution in [0.5, 0.6) is 11.5 Å². The quantitative estimate of drug-likeness (QED) is 0.736. The first-order valence-corrected chi connectivity index (χ1v) is 8.23. The molecule has 2 rings (SSSR count). The van der Waals surface area contributed by atoms with Crippen LogP contribution in [0.2, 0.25) is 0 Å². The number of methoxy groups -OCH3 is 2. The Morgan fingerprint density at radius 3 is 2.84 bits per heavy atom. The average Bonchev–Trinajstić information content (AvgIpc) is 3.06. The van der Waals surface area contributed by atoms with Gasteiger partial charge in [-0.05, 0) is 37.6 Å². The van der Waals surface area contributed by atoms with Gasteiger partial charge in [-0.2, -0.15) is 0 Å². The molecule has 1 heterocycles. The van der Waals surface area contributed by atoms with Gasteiger partial charge < -0.3 is 14.8 Å². The lowest BCUT2D eigenvalue weighted by atomic mass is 10.0. The summed E-state index contributed by atoms with van der Waals surface area (Å²) in [5.41, 5.74) is 0.989. The first-order chi connectivity index (χ1) is 12.1. The summed E-state index contributed by atoms with van der Waals surface area (Å²) < 4.78 is 10.8. The van der Waals surface area contributed by atoms with Gasteiger partial charge in [-0.15, -0.1) is 6.58 Å². The standard InChI is InChI=1S/C18H25N3O4/c1-4-9-19-18(23)20-17(22)12-21-10-5-6-15(21)14-11-13(24-2)7-8-16(14)25-3/h4,7-8,11,15H,1,5-6,9-10,12H2,2-3H3,(H2,19,20,22,23). The van der Waals surface area contributed by atoms with Crippen LogP contribution in [0.3, 0.4) is 0 Å². The van der Waals surface area contributed by atoms with E-state index in [2.05, 4.69) is 17.2 Å². The van der Waals surface area contributed by atoms with Crippen molar-refractivity contribution in [2.24, 2.45) is 0 Å². The summed E-state index contributed by atoms with van der Waals surface area (Å²) in [7, 11) is 3.24. The fraction of sp³-hybridized carbons (Fsp3) is 0.444. The molecular formula is C18H25N3O4. The number of amides is 3. The molecule has 1 atom stereocenters. The van der Waals surface area contributed by atoms with Crippen molar-refractivity contribution in [3.05, 3.63) is 36.4 Å². The van der Waals surface area contributed by atoms with Gasteiger partial charge in [-0.25, -0.2) is 4.79 Å². The Kier molecular flexibility index (Phi) is 6.82. The molecule has 7 heteroatoms. The molecule has 7 nitrogen and oxygen atoms in total. The third-order valence-electron chi connectivity index (χ3n) is 4.17. The maximum absolute atomic E-state index is 12.1. The maximum atomic E-state index is 12.1. The number of carbonyl (C=O) groups is 2. The molecule has 1 unspecified atom stereocenters. The molecule has 2 N–H and O–H groups in total. The lowest BCUT2D eigenvalue weighted by Gasteiger charge is -2.25. The van der Waals surface area contributed by atoms with Crippen molar-refractivity contribution in [1.29, 1.82) is 0 Å². The van der Waals surface area contributed by atoms with E-state index in [1.807, 2.05) is 23.1 Å². The molecule has 1 fully saturated rings. The van der Waals surface area contributed by atoms with Gasteiger partial charge in [0.15, 0.2) is 0 Å². The molecule has 0 bridgehead atoms. The maximum Gasteiger partial charge on any atom is 0.321 e. The molecule has 0 saturated carbocycles. The number of likely N-dealkylation sites (tertiary alicyclic amines) is 1. The Bertz CT molecular complexity index is 633. The van der Waals surface area contributed by atoms with E-state index in [4.69, 9.17) is 9.47 Å². The van der Waals surface area contributed by atoms with E-state index < -0.39 is 6.03 Å². The highest BCUT2D eigenvalue weighted by Gasteiger charge is 2.30. The van der Waals surface area contributed by atoms with E-state index >= 15 is 0 Å². The molecule has 136 valence electrons. The number of nitrogens with zero attached hydrogens (tertiary/aromatic N) is 1. The number of rotatable bonds is 7. The molecule has 1 aromatic rings. The Morgan fingerprint density at radius 2 is 2.16 bits per heavy atom. The number of urea groups is 1. The van der Waals surface area contributed by atoms with Crippen LogP contribution in [0, 0.1) is 0 Å². The number of nitrogens with one attached hydrogen (secondary N) is 2. The first-order valence-electron chi connectivity index (χ1n) is 8.23. The van der Waals surface area contributed by atoms with E-state index in [0.29, 0.717) is 6.54 Å². The number of ether oxygens (including phenoxy) is 2. The molecule has 0 radical (unpaired) electrons. The van der Waals surface area contributed by atoms with Gasteiger partial charge >= 0.3 is 6.03 Å². The van der Waals surface area contributed by atoms with Crippen LogP contribution in [-0.4, -0.2) is 50.7 Å². The second-order valence-corrected chi connectivity index (χ2v) is 5.78. The summed E-state index contributed by atoms with van der Waals surface area (Å²) in [6, 6.07) is 5.19. The number of hydrogen-bond acceptors (Lipinski definition) is 5. The third-order valence-corrected chi connectivity index (χ3v) is 4.17. The van der Waals surface area contributed by atoms with Gasteiger partial charge in [0.2, 0.25) is 5.91 Å². The van der Waals surface area contributed by atoms with Crippen molar-refractivity contribution in [3.8, 4) is 11.5 Å². The van der Waals surface area contributed by atoms with Crippen LogP contribution in [0.4, 0.5) is 4.79 Å². The van der Waals surface area contributed by atoms with Crippen molar-refractivity contribution < 1.29 is 19.1 Å². The van der Waals surface area contributed by atoms with Crippen LogP contribution in [0.1, 0.15) is 24.4 Å². The van der Waals surface area contributed by atoms with Crippen LogP contribution < -0.4 is 20.1 Å². The van der Waals surface area contributed by atoms with Crippen LogP contribution in [-0.2, 0) is 4.79 Å². The summed E-state index contributed by atoms with van der Waals surface area (Å²) in [4.78, 5) is 25.8. The topological polar surface area (TPSA) is 79.9 Å². The minimum absolute atomic E-state index is 0.0482. The van der Waals surface area contributed by atoms with Crippen molar-refractivity contribution in [2.75, 3.05) is 33.9 Å². The van der Waals surface area contributed by atoms with Crippen molar-refractivity contribution in [2.45, 2.75) is 18.9 Å². The summed E-state index contributed by atoms with van der Waals surface area (Å²) in [5, 5.41) is 4.85. The van der Waals surface area contributed by atoms with Crippen LogP contribution >= 0.6 is 0 Å². The van der Waals surface area contributed by atoms with Gasteiger partial charge in [-0.1, -0.05) is 6.08 Å². The number of benzene rings is 1. The average molecular weight is 347 g/mol. The number of carbonyl (C=O) groups excluding carboxylic acids is 2. The first kappa shape index (κ1) is 18.8. The highest BCUT2D eigenvalue weighted by Crippen LogP contribution is 2.38. The third kappa shape index (κ3) is 4.96. The minimum Gasteiger partial charge on any atom is -0.497 e. The molecule has 1 aromatic carbocycles. The van der Waals surface area contributed by atoms with Gasteiger partial charge in [0, 0.05) is 18.2 Å². The zero-order valence-corrected chi connectivity index (χ0v) is 14.7. The lowest BCUT2D eigenvalue weighted by molar-refractivity contribution is -0.121. The number of imide groups is 1. The zero-order valence-electron chi connectivity index (χ0n) is 14.7. The van der Waals surface area contributed by atoms with E-state index in [1.54, 1.807) is 20.3 Å². The predicted octanol–water partition coefficient (Wildman–Crippen LogP) is 1.85. The van der Waals surface area contributed by atoms with Crippen molar-refractivity contribution >= 4 is 11.9 Å². The largest absolute Gasteiger partial charge is 0.497 e. The lowest BCUT2D eigenvalue weighted by Crippen LogP contribution is -2.44. The highest BCUT2D eigenvalue weighted by molar-refractivity contribution is 5.95. The molecule has 1 saturated heterocycles. The Hall–Kier alpha value is -2.54. The van der Waals surface area contributed by atoms with E-state index in [9.17, 15) is 9.59 Å². The summed E-state index contributed by atoms with van der Waals surface area (Å²) >= 11 is 0. The molecule has 0 aromatic heterocycles. The molecule has 1 aliphatic heterocycles. The van der Waals surface area contributed by atoms with Gasteiger partial charge in [0.1, 0.15) is 11.5 Å². The fourth-order valence-electron chi connectivity index (χ4n) is 3.03. The van der Waals surface area contributed by atoms with Gasteiger partial charge in [-0.3, -0.25) is 15.0 Å². The SMILES string of the molecule is C=CCNC(=O)NC(=O)CN1CCCC1c1cc(OC)ccc1OC. The number of hydrogen-bond donors (Lipinski definition) is 2. The van der Waals surface area contributed by atoms with Crippen LogP contribution in [0.15, 0.2) is 30.9 Å². The minimum atomic E-state index is -0.514. The molecule has 25 heavy (non-hydrogen) atoms. The van der Waals surface area contributed by atoms with E-state index in [-0.39, 0.29) is 18.5 Å². The van der Waals surface area contributed by atoms with Crippen LogP contribution in [0.25, 0.3) is 0 Å². The molecule has 3 amide bonds. The van der Waals surface area contributed by atoms with Gasteiger partial charge in [0.05, 0.1) is 20.8 Å². The fourth-order valence-corrected chi connectivity index (χ4v) is 3.03. The molecule has 1 aliphatic rings. The molecular weight excluding hydrogens is 322 g/mol. The summed E-state index contributed by atoms with van der Waals surface area (Å²) in [6.45, 7) is 4.75. The summed E-state index contributed by atoms with van der Waals surface area (Å²) in [6.07, 6.45) is 3.44. The van der Waals surface area contributed by atoms with E-state index in [0.717, 1.165) is 36.4 Å². The molecule has 0 aliphatic carbocycles. The predicted molar refractivity (Wildman–Crippen MR) is 94.8 cm³/mol. The second-order valence-electron chi connectivity index (χ2n) is 5.78.